The SMILES string of the molecule is COCC(C)n1nc(C2OCCc3ccccc32)nc1-c1nn(-c2ccccc2Cl)c(C)cc1=O. The van der Waals surface area contributed by atoms with Gasteiger partial charge in [-0.1, -0.05) is 48.0 Å². The van der Waals surface area contributed by atoms with E-state index in [1.807, 2.05) is 50.2 Å². The summed E-state index contributed by atoms with van der Waals surface area (Å²) >= 11 is 6.44. The van der Waals surface area contributed by atoms with Crippen LogP contribution in [0.2, 0.25) is 5.02 Å². The number of methoxy groups -OCH3 is 1. The number of rotatable bonds is 6. The average Bonchev–Trinajstić information content (AvgIpc) is 3.30. The van der Waals surface area contributed by atoms with Gasteiger partial charge in [0.25, 0.3) is 0 Å². The molecule has 2 atom stereocenters. The Hall–Kier alpha value is -3.33. The van der Waals surface area contributed by atoms with Crippen molar-refractivity contribution in [2.75, 3.05) is 20.3 Å². The van der Waals surface area contributed by atoms with Crippen molar-refractivity contribution >= 4 is 11.6 Å². The van der Waals surface area contributed by atoms with Gasteiger partial charge in [-0.05, 0) is 43.5 Å². The van der Waals surface area contributed by atoms with Crippen molar-refractivity contribution in [2.24, 2.45) is 0 Å². The monoisotopic (exact) mass is 491 g/mol. The van der Waals surface area contributed by atoms with Gasteiger partial charge in [-0.15, -0.1) is 0 Å². The summed E-state index contributed by atoms with van der Waals surface area (Å²) in [7, 11) is 1.63. The predicted molar refractivity (Wildman–Crippen MR) is 133 cm³/mol. The van der Waals surface area contributed by atoms with Crippen molar-refractivity contribution in [3.05, 3.63) is 92.5 Å². The molecule has 2 unspecified atom stereocenters. The lowest BCUT2D eigenvalue weighted by Crippen LogP contribution is -2.21. The molecular weight excluding hydrogens is 466 g/mol. The number of benzene rings is 2. The maximum atomic E-state index is 13.2. The summed E-state index contributed by atoms with van der Waals surface area (Å²) in [6.45, 7) is 4.74. The van der Waals surface area contributed by atoms with Crippen LogP contribution in [-0.4, -0.2) is 44.9 Å². The van der Waals surface area contributed by atoms with E-state index in [-0.39, 0.29) is 17.2 Å². The van der Waals surface area contributed by atoms with Gasteiger partial charge in [0.2, 0.25) is 5.43 Å². The summed E-state index contributed by atoms with van der Waals surface area (Å²) in [5, 5.41) is 10.0. The van der Waals surface area contributed by atoms with E-state index in [4.69, 9.17) is 36.3 Å². The Kier molecular flexibility index (Phi) is 6.51. The number of para-hydroxylation sites is 1. The van der Waals surface area contributed by atoms with Gasteiger partial charge in [-0.2, -0.15) is 10.2 Å². The lowest BCUT2D eigenvalue weighted by molar-refractivity contribution is 0.0635. The average molecular weight is 492 g/mol. The number of fused-ring (bicyclic) bond motifs is 1. The number of ether oxygens (including phenoxy) is 2. The first-order valence-electron chi connectivity index (χ1n) is 11.5. The molecule has 35 heavy (non-hydrogen) atoms. The Morgan fingerprint density at radius 1 is 1.17 bits per heavy atom. The number of aryl methyl sites for hydroxylation is 1. The van der Waals surface area contributed by atoms with E-state index in [1.54, 1.807) is 22.5 Å². The standard InChI is InChI=1S/C26H26ClN5O3/c1-16-14-22(33)23(29-31(16)21-11-7-6-10-20(21)27)26-28-25(30-32(26)17(2)15-34-3)24-19-9-5-4-8-18(19)12-13-35-24/h4-11,14,17,24H,12-13,15H2,1-3H3. The Bertz CT molecular complexity index is 1430. The zero-order chi connectivity index (χ0) is 24.5. The first-order chi connectivity index (χ1) is 17.0. The fraction of sp³-hybridized carbons (Fsp3) is 0.308. The molecule has 0 spiro atoms. The third-order valence-corrected chi connectivity index (χ3v) is 6.42. The van der Waals surface area contributed by atoms with Crippen molar-refractivity contribution in [3.63, 3.8) is 0 Å². The van der Waals surface area contributed by atoms with Crippen LogP contribution in [0.25, 0.3) is 17.2 Å². The van der Waals surface area contributed by atoms with Gasteiger partial charge in [-0.25, -0.2) is 14.3 Å². The number of nitrogens with zero attached hydrogens (tertiary/aromatic N) is 5. The van der Waals surface area contributed by atoms with Gasteiger partial charge >= 0.3 is 0 Å². The number of hydrogen-bond donors (Lipinski definition) is 0. The van der Waals surface area contributed by atoms with Crippen molar-refractivity contribution < 1.29 is 9.47 Å². The van der Waals surface area contributed by atoms with Crippen LogP contribution < -0.4 is 5.43 Å². The van der Waals surface area contributed by atoms with E-state index in [9.17, 15) is 4.79 Å². The number of aromatic nitrogens is 5. The minimum atomic E-state index is -0.425. The lowest BCUT2D eigenvalue weighted by Gasteiger charge is -2.23. The zero-order valence-corrected chi connectivity index (χ0v) is 20.6. The smallest absolute Gasteiger partial charge is 0.211 e. The van der Waals surface area contributed by atoms with Gasteiger partial charge in [0.05, 0.1) is 30.0 Å². The Morgan fingerprint density at radius 2 is 1.94 bits per heavy atom. The molecule has 0 N–H and O–H groups in total. The zero-order valence-electron chi connectivity index (χ0n) is 19.8. The van der Waals surface area contributed by atoms with Gasteiger partial charge < -0.3 is 9.47 Å². The maximum absolute atomic E-state index is 13.2. The van der Waals surface area contributed by atoms with Crippen LogP contribution >= 0.6 is 11.6 Å². The molecule has 0 aliphatic carbocycles. The van der Waals surface area contributed by atoms with Crippen LogP contribution in [0.15, 0.2) is 59.4 Å². The van der Waals surface area contributed by atoms with Crippen molar-refractivity contribution in [3.8, 4) is 17.2 Å². The molecule has 0 saturated carbocycles. The minimum absolute atomic E-state index is 0.182. The van der Waals surface area contributed by atoms with E-state index in [1.165, 1.54) is 11.6 Å². The third-order valence-electron chi connectivity index (χ3n) is 6.10. The maximum Gasteiger partial charge on any atom is 0.211 e. The molecule has 9 heteroatoms. The predicted octanol–water partition coefficient (Wildman–Crippen LogP) is 4.32. The molecule has 2 aromatic carbocycles. The van der Waals surface area contributed by atoms with E-state index in [0.717, 1.165) is 12.0 Å². The molecule has 0 amide bonds. The normalized spacial score (nSPS) is 16.2. The molecule has 180 valence electrons. The van der Waals surface area contributed by atoms with Crippen LogP contribution in [0.4, 0.5) is 0 Å². The van der Waals surface area contributed by atoms with E-state index >= 15 is 0 Å². The van der Waals surface area contributed by atoms with Crippen LogP contribution in [0, 0.1) is 6.92 Å². The number of hydrogen-bond acceptors (Lipinski definition) is 6. The summed E-state index contributed by atoms with van der Waals surface area (Å²) < 4.78 is 14.8. The Balaban J connectivity index is 1.68. The van der Waals surface area contributed by atoms with Gasteiger partial charge in [0.15, 0.2) is 17.3 Å². The van der Waals surface area contributed by atoms with Crippen LogP contribution in [-0.2, 0) is 15.9 Å². The molecule has 4 aromatic rings. The van der Waals surface area contributed by atoms with Crippen molar-refractivity contribution in [1.29, 1.82) is 0 Å². The fourth-order valence-electron chi connectivity index (χ4n) is 4.41. The second kappa shape index (κ2) is 9.73. The summed E-state index contributed by atoms with van der Waals surface area (Å²) in [5.41, 5.74) is 3.51. The lowest BCUT2D eigenvalue weighted by atomic mass is 9.97. The first-order valence-corrected chi connectivity index (χ1v) is 11.9. The van der Waals surface area contributed by atoms with Gasteiger partial charge in [0, 0.05) is 18.9 Å². The van der Waals surface area contributed by atoms with Crippen LogP contribution in [0.5, 0.6) is 0 Å². The van der Waals surface area contributed by atoms with Gasteiger partial charge in [-0.3, -0.25) is 4.79 Å². The molecule has 0 radical (unpaired) electrons. The molecule has 2 aromatic heterocycles. The molecule has 0 saturated heterocycles. The molecule has 0 fully saturated rings. The molecular formula is C26H26ClN5O3. The van der Waals surface area contributed by atoms with E-state index in [0.29, 0.717) is 41.3 Å². The van der Waals surface area contributed by atoms with Crippen molar-refractivity contribution in [1.82, 2.24) is 24.5 Å². The second-order valence-corrected chi connectivity index (χ2v) is 9.01. The van der Waals surface area contributed by atoms with Crippen LogP contribution in [0.3, 0.4) is 0 Å². The second-order valence-electron chi connectivity index (χ2n) is 8.60. The highest BCUT2D eigenvalue weighted by molar-refractivity contribution is 6.32. The quantitative estimate of drug-likeness (QED) is 0.399. The van der Waals surface area contributed by atoms with Crippen molar-refractivity contribution in [2.45, 2.75) is 32.4 Å². The molecule has 8 nitrogen and oxygen atoms in total. The topological polar surface area (TPSA) is 84.1 Å². The number of halogens is 1. The van der Waals surface area contributed by atoms with E-state index < -0.39 is 6.10 Å². The van der Waals surface area contributed by atoms with Crippen LogP contribution in [0.1, 0.15) is 41.7 Å². The molecule has 0 bridgehead atoms. The largest absolute Gasteiger partial charge is 0.382 e. The summed E-state index contributed by atoms with van der Waals surface area (Å²) in [6.07, 6.45) is 0.411. The minimum Gasteiger partial charge on any atom is -0.382 e. The first kappa shape index (κ1) is 23.4. The Labute approximate surface area is 208 Å². The van der Waals surface area contributed by atoms with Gasteiger partial charge in [0.1, 0.15) is 6.10 Å². The molecule has 1 aliphatic heterocycles. The summed E-state index contributed by atoms with van der Waals surface area (Å²) in [5.74, 6) is 0.850. The highest BCUT2D eigenvalue weighted by Gasteiger charge is 2.29. The highest BCUT2D eigenvalue weighted by atomic mass is 35.5. The molecule has 5 rings (SSSR count). The molecule has 1 aliphatic rings. The summed E-state index contributed by atoms with van der Waals surface area (Å²) in [4.78, 5) is 18.0. The Morgan fingerprint density at radius 3 is 2.74 bits per heavy atom. The van der Waals surface area contributed by atoms with E-state index in [2.05, 4.69) is 6.07 Å². The molecule has 3 heterocycles. The third kappa shape index (κ3) is 4.40. The highest BCUT2D eigenvalue weighted by Crippen LogP contribution is 2.32. The summed E-state index contributed by atoms with van der Waals surface area (Å²) in [6, 6.07) is 16.8. The fourth-order valence-corrected chi connectivity index (χ4v) is 4.62.